The van der Waals surface area contributed by atoms with Gasteiger partial charge in [0.25, 0.3) is 0 Å². The maximum absolute atomic E-state index is 12.7. The lowest BCUT2D eigenvalue weighted by molar-refractivity contribution is -0.130. The van der Waals surface area contributed by atoms with Crippen LogP contribution >= 0.6 is 0 Å². The maximum Gasteiger partial charge on any atom is 0.169 e. The molecular formula is C8H13FO. The first kappa shape index (κ1) is 7.70. The molecular weight excluding hydrogens is 131 g/mol. The maximum atomic E-state index is 12.7. The third-order valence-corrected chi connectivity index (χ3v) is 2.16. The molecule has 10 heavy (non-hydrogen) atoms. The van der Waals surface area contributed by atoms with Crippen molar-refractivity contribution >= 4 is 5.78 Å². The van der Waals surface area contributed by atoms with Crippen molar-refractivity contribution in [3.05, 3.63) is 0 Å². The topological polar surface area (TPSA) is 17.1 Å². The number of halogens is 1. The third-order valence-electron chi connectivity index (χ3n) is 2.16. The first-order valence-corrected chi connectivity index (χ1v) is 3.79. The van der Waals surface area contributed by atoms with Crippen molar-refractivity contribution < 1.29 is 9.18 Å². The van der Waals surface area contributed by atoms with Crippen LogP contribution in [0.25, 0.3) is 0 Å². The summed E-state index contributed by atoms with van der Waals surface area (Å²) < 4.78 is 12.7. The lowest BCUT2D eigenvalue weighted by Gasteiger charge is -2.25. The van der Waals surface area contributed by atoms with Crippen LogP contribution in [0.4, 0.5) is 4.39 Å². The number of hydrogen-bond donors (Lipinski definition) is 0. The Balaban J connectivity index is 2.57. The van der Waals surface area contributed by atoms with Gasteiger partial charge in [0.2, 0.25) is 0 Å². The van der Waals surface area contributed by atoms with Crippen LogP contribution in [-0.4, -0.2) is 12.0 Å². The van der Waals surface area contributed by atoms with E-state index in [1.807, 2.05) is 13.8 Å². The van der Waals surface area contributed by atoms with Gasteiger partial charge in [-0.2, -0.15) is 0 Å². The van der Waals surface area contributed by atoms with Crippen molar-refractivity contribution in [1.82, 2.24) is 0 Å². The molecule has 1 aliphatic carbocycles. The summed E-state index contributed by atoms with van der Waals surface area (Å²) in [5.74, 6) is 0.125. The number of carbonyl (C=O) groups is 1. The van der Waals surface area contributed by atoms with Crippen molar-refractivity contribution in [2.75, 3.05) is 0 Å². The van der Waals surface area contributed by atoms with Crippen LogP contribution in [0.15, 0.2) is 0 Å². The highest BCUT2D eigenvalue weighted by molar-refractivity contribution is 5.85. The Morgan fingerprint density at radius 2 is 2.00 bits per heavy atom. The van der Waals surface area contributed by atoms with Crippen molar-refractivity contribution in [2.45, 2.75) is 32.9 Å². The number of ketones is 1. The van der Waals surface area contributed by atoms with Crippen molar-refractivity contribution in [3.8, 4) is 0 Å². The summed E-state index contributed by atoms with van der Waals surface area (Å²) in [5.41, 5.74) is 0. The molecule has 1 fully saturated rings. The largest absolute Gasteiger partial charge is 0.296 e. The standard InChI is InChI=1S/C8H13FO/c1-5-3-6(2)8(10)7(9)4-5/h5-7H,3-4H2,1-2H3/t5-,6-,7-/m1/s1. The van der Waals surface area contributed by atoms with Gasteiger partial charge in [-0.05, 0) is 18.8 Å². The smallest absolute Gasteiger partial charge is 0.169 e. The summed E-state index contributed by atoms with van der Waals surface area (Å²) in [7, 11) is 0. The number of alkyl halides is 1. The number of Topliss-reactive ketones (excluding diaryl/α,β-unsaturated/α-hetero) is 1. The average molecular weight is 144 g/mol. The fourth-order valence-electron chi connectivity index (χ4n) is 1.59. The number of hydrogen-bond acceptors (Lipinski definition) is 1. The van der Waals surface area contributed by atoms with E-state index in [0.717, 1.165) is 6.42 Å². The van der Waals surface area contributed by atoms with Crippen LogP contribution < -0.4 is 0 Å². The minimum Gasteiger partial charge on any atom is -0.296 e. The molecule has 0 unspecified atom stereocenters. The Hall–Kier alpha value is -0.400. The molecule has 0 radical (unpaired) electrons. The molecule has 0 N–H and O–H groups in total. The quantitative estimate of drug-likeness (QED) is 0.508. The highest BCUT2D eigenvalue weighted by Crippen LogP contribution is 2.27. The molecule has 0 aliphatic heterocycles. The van der Waals surface area contributed by atoms with Gasteiger partial charge in [0.05, 0.1) is 0 Å². The Morgan fingerprint density at radius 3 is 2.50 bits per heavy atom. The second-order valence-corrected chi connectivity index (χ2v) is 3.35. The summed E-state index contributed by atoms with van der Waals surface area (Å²) in [6.07, 6.45) is 0.112. The van der Waals surface area contributed by atoms with Gasteiger partial charge in [0, 0.05) is 5.92 Å². The zero-order valence-electron chi connectivity index (χ0n) is 6.43. The Kier molecular flexibility index (Phi) is 2.07. The molecule has 1 saturated carbocycles. The molecule has 1 aliphatic rings. The summed E-state index contributed by atoms with van der Waals surface area (Å²) in [6.45, 7) is 3.81. The molecule has 2 heteroatoms. The Labute approximate surface area is 60.6 Å². The van der Waals surface area contributed by atoms with Gasteiger partial charge in [0.15, 0.2) is 12.0 Å². The van der Waals surface area contributed by atoms with E-state index in [2.05, 4.69) is 0 Å². The van der Waals surface area contributed by atoms with E-state index in [1.165, 1.54) is 0 Å². The third kappa shape index (κ3) is 1.36. The van der Waals surface area contributed by atoms with Crippen molar-refractivity contribution in [1.29, 1.82) is 0 Å². The van der Waals surface area contributed by atoms with Gasteiger partial charge in [-0.3, -0.25) is 4.79 Å². The van der Waals surface area contributed by atoms with Gasteiger partial charge >= 0.3 is 0 Å². The minimum absolute atomic E-state index is 0.0567. The van der Waals surface area contributed by atoms with Crippen LogP contribution in [0.3, 0.4) is 0 Å². The van der Waals surface area contributed by atoms with E-state index in [-0.39, 0.29) is 11.7 Å². The van der Waals surface area contributed by atoms with Gasteiger partial charge in [-0.1, -0.05) is 13.8 Å². The molecule has 58 valence electrons. The molecule has 1 nitrogen and oxygen atoms in total. The minimum atomic E-state index is -1.18. The predicted molar refractivity (Wildman–Crippen MR) is 37.5 cm³/mol. The zero-order chi connectivity index (χ0) is 7.72. The molecule has 0 spiro atoms. The second kappa shape index (κ2) is 2.69. The first-order valence-electron chi connectivity index (χ1n) is 3.79. The number of rotatable bonds is 0. The predicted octanol–water partition coefficient (Wildman–Crippen LogP) is 1.96. The van der Waals surface area contributed by atoms with Crippen LogP contribution in [0.2, 0.25) is 0 Å². The van der Waals surface area contributed by atoms with Crippen LogP contribution in [0.1, 0.15) is 26.7 Å². The summed E-state index contributed by atoms with van der Waals surface area (Å²) >= 11 is 0. The van der Waals surface area contributed by atoms with Crippen LogP contribution in [-0.2, 0) is 4.79 Å². The Bertz CT molecular complexity index is 130. The summed E-state index contributed by atoms with van der Waals surface area (Å²) in [6, 6.07) is 0. The van der Waals surface area contributed by atoms with E-state index < -0.39 is 6.17 Å². The SMILES string of the molecule is C[C@@H]1C[C@@H](C)C(=O)[C@H](F)C1. The highest BCUT2D eigenvalue weighted by Gasteiger charge is 2.31. The van der Waals surface area contributed by atoms with Crippen LogP contribution in [0, 0.1) is 11.8 Å². The van der Waals surface area contributed by atoms with Crippen molar-refractivity contribution in [3.63, 3.8) is 0 Å². The zero-order valence-corrected chi connectivity index (χ0v) is 6.43. The highest BCUT2D eigenvalue weighted by atomic mass is 19.1. The fraction of sp³-hybridized carbons (Fsp3) is 0.875. The summed E-state index contributed by atoms with van der Waals surface area (Å²) in [4.78, 5) is 10.9. The molecule has 0 saturated heterocycles. The van der Waals surface area contributed by atoms with Gasteiger partial charge in [-0.25, -0.2) is 4.39 Å². The van der Waals surface area contributed by atoms with Gasteiger partial charge < -0.3 is 0 Å². The van der Waals surface area contributed by atoms with Gasteiger partial charge in [0.1, 0.15) is 0 Å². The average Bonchev–Trinajstić information content (AvgIpc) is 1.82. The molecule has 0 bridgehead atoms. The molecule has 0 aromatic carbocycles. The molecule has 1 rings (SSSR count). The van der Waals surface area contributed by atoms with Crippen molar-refractivity contribution in [2.24, 2.45) is 11.8 Å². The molecule has 0 aromatic heterocycles. The normalized spacial score (nSPS) is 41.9. The molecule has 3 atom stereocenters. The van der Waals surface area contributed by atoms with E-state index in [9.17, 15) is 9.18 Å². The lowest BCUT2D eigenvalue weighted by atomic mass is 9.81. The van der Waals surface area contributed by atoms with Crippen LogP contribution in [0.5, 0.6) is 0 Å². The van der Waals surface area contributed by atoms with E-state index in [4.69, 9.17) is 0 Å². The molecule has 0 heterocycles. The molecule has 0 amide bonds. The van der Waals surface area contributed by atoms with E-state index >= 15 is 0 Å². The van der Waals surface area contributed by atoms with E-state index in [0.29, 0.717) is 12.3 Å². The Morgan fingerprint density at radius 1 is 1.40 bits per heavy atom. The fourth-order valence-corrected chi connectivity index (χ4v) is 1.59. The lowest BCUT2D eigenvalue weighted by Crippen LogP contribution is -2.31. The monoisotopic (exact) mass is 144 g/mol. The molecule has 0 aromatic rings. The summed E-state index contributed by atoms with van der Waals surface area (Å²) in [5, 5.41) is 0. The second-order valence-electron chi connectivity index (χ2n) is 3.35. The number of carbonyl (C=O) groups excluding carboxylic acids is 1. The van der Waals surface area contributed by atoms with E-state index in [1.54, 1.807) is 0 Å². The first-order chi connectivity index (χ1) is 4.61. The van der Waals surface area contributed by atoms with Gasteiger partial charge in [-0.15, -0.1) is 0 Å².